The number of rotatable bonds is 12. The molecule has 0 amide bonds. The van der Waals surface area contributed by atoms with Crippen molar-refractivity contribution in [3.63, 3.8) is 0 Å². The molecule has 2 rings (SSSR count). The summed E-state index contributed by atoms with van der Waals surface area (Å²) in [6.45, 7) is 13.5. The Balaban J connectivity index is 0.00000392. The Morgan fingerprint density at radius 2 is 2.18 bits per heavy atom. The number of ether oxygens (including phenoxy) is 1. The second kappa shape index (κ2) is 15.1. The molecular formula is C21H39IN4O2. The van der Waals surface area contributed by atoms with Crippen molar-refractivity contribution in [2.75, 3.05) is 45.9 Å². The lowest BCUT2D eigenvalue weighted by atomic mass is 10.1. The molecule has 1 aliphatic rings. The first-order valence-corrected chi connectivity index (χ1v) is 10.6. The van der Waals surface area contributed by atoms with Gasteiger partial charge in [-0.15, -0.1) is 24.0 Å². The zero-order valence-corrected chi connectivity index (χ0v) is 20.1. The molecule has 1 aromatic heterocycles. The molecule has 2 unspecified atom stereocenters. The second-order valence-electron chi connectivity index (χ2n) is 7.39. The minimum Gasteiger partial charge on any atom is -0.469 e. The van der Waals surface area contributed by atoms with Crippen LogP contribution in [0.15, 0.2) is 27.8 Å². The summed E-state index contributed by atoms with van der Waals surface area (Å²) in [6.07, 6.45) is 6.04. The highest BCUT2D eigenvalue weighted by molar-refractivity contribution is 14.0. The summed E-state index contributed by atoms with van der Waals surface area (Å²) in [5.41, 5.74) is 0. The third kappa shape index (κ3) is 10.1. The normalized spacial score (nSPS) is 18.1. The van der Waals surface area contributed by atoms with Gasteiger partial charge in [-0.25, -0.2) is 0 Å². The molecule has 6 nitrogen and oxygen atoms in total. The Bertz CT molecular complexity index is 514. The van der Waals surface area contributed by atoms with Crippen LogP contribution in [0.25, 0.3) is 0 Å². The van der Waals surface area contributed by atoms with E-state index in [1.165, 1.54) is 6.42 Å². The minimum atomic E-state index is 0. The van der Waals surface area contributed by atoms with Gasteiger partial charge in [-0.2, -0.15) is 0 Å². The Hall–Kier alpha value is -0.800. The average molecular weight is 506 g/mol. The zero-order chi connectivity index (χ0) is 19.3. The van der Waals surface area contributed by atoms with Gasteiger partial charge in [0.15, 0.2) is 5.96 Å². The third-order valence-corrected chi connectivity index (χ3v) is 5.16. The quantitative estimate of drug-likeness (QED) is 0.258. The Labute approximate surface area is 187 Å². The molecule has 162 valence electrons. The Morgan fingerprint density at radius 3 is 2.82 bits per heavy atom. The average Bonchev–Trinajstić information content (AvgIpc) is 3.37. The molecule has 28 heavy (non-hydrogen) atoms. The van der Waals surface area contributed by atoms with Crippen molar-refractivity contribution in [1.29, 1.82) is 0 Å². The first kappa shape index (κ1) is 25.2. The molecule has 1 saturated heterocycles. The molecule has 2 N–H and O–H groups in total. The van der Waals surface area contributed by atoms with Crippen molar-refractivity contribution in [3.05, 3.63) is 24.2 Å². The molecule has 0 saturated carbocycles. The van der Waals surface area contributed by atoms with Gasteiger partial charge >= 0.3 is 0 Å². The first-order valence-electron chi connectivity index (χ1n) is 10.6. The van der Waals surface area contributed by atoms with Crippen LogP contribution < -0.4 is 10.6 Å². The highest BCUT2D eigenvalue weighted by Gasteiger charge is 2.15. The monoisotopic (exact) mass is 506 g/mol. The van der Waals surface area contributed by atoms with Crippen molar-refractivity contribution >= 4 is 29.9 Å². The fraction of sp³-hybridized carbons (Fsp3) is 0.762. The van der Waals surface area contributed by atoms with Gasteiger partial charge in [0.1, 0.15) is 5.76 Å². The van der Waals surface area contributed by atoms with Gasteiger partial charge in [-0.3, -0.25) is 4.99 Å². The predicted octanol–water partition coefficient (Wildman–Crippen LogP) is 3.52. The SMILES string of the molecule is CCN(CC)CCCC(C)NC(=NCC1CCOC1)NCCc1ccco1.I. The highest BCUT2D eigenvalue weighted by Crippen LogP contribution is 2.12. The standard InChI is InChI=1S/C21H38N4O2.HI/c1-4-25(5-2)13-6-8-18(3)24-21(23-16-19-11-15-26-17-19)22-12-10-20-9-7-14-27-20;/h7,9,14,18-19H,4-6,8,10-13,15-17H2,1-3H3,(H2,22,23,24);1H. The summed E-state index contributed by atoms with van der Waals surface area (Å²) >= 11 is 0. The van der Waals surface area contributed by atoms with Crippen LogP contribution in [-0.2, 0) is 11.2 Å². The Morgan fingerprint density at radius 1 is 1.36 bits per heavy atom. The molecule has 2 atom stereocenters. The van der Waals surface area contributed by atoms with Gasteiger partial charge in [-0.1, -0.05) is 13.8 Å². The van der Waals surface area contributed by atoms with Crippen molar-refractivity contribution in [3.8, 4) is 0 Å². The number of halogens is 1. The van der Waals surface area contributed by atoms with E-state index < -0.39 is 0 Å². The molecule has 0 radical (unpaired) electrons. The van der Waals surface area contributed by atoms with E-state index in [-0.39, 0.29) is 24.0 Å². The molecule has 0 spiro atoms. The molecule has 7 heteroatoms. The maximum Gasteiger partial charge on any atom is 0.191 e. The van der Waals surface area contributed by atoms with E-state index in [1.807, 2.05) is 12.1 Å². The van der Waals surface area contributed by atoms with Crippen LogP contribution in [0.3, 0.4) is 0 Å². The van der Waals surface area contributed by atoms with Crippen LogP contribution >= 0.6 is 24.0 Å². The van der Waals surface area contributed by atoms with Crippen LogP contribution in [0, 0.1) is 5.92 Å². The highest BCUT2D eigenvalue weighted by atomic mass is 127. The van der Waals surface area contributed by atoms with Gasteiger partial charge in [-0.05, 0) is 58.0 Å². The van der Waals surface area contributed by atoms with Crippen LogP contribution in [0.1, 0.15) is 45.8 Å². The second-order valence-corrected chi connectivity index (χ2v) is 7.39. The van der Waals surface area contributed by atoms with Gasteiger partial charge in [0.2, 0.25) is 0 Å². The lowest BCUT2D eigenvalue weighted by molar-refractivity contribution is 0.187. The van der Waals surface area contributed by atoms with E-state index in [0.717, 1.165) is 76.9 Å². The fourth-order valence-corrected chi connectivity index (χ4v) is 3.33. The van der Waals surface area contributed by atoms with E-state index in [4.69, 9.17) is 14.1 Å². The van der Waals surface area contributed by atoms with Gasteiger partial charge in [0, 0.05) is 38.1 Å². The number of furan rings is 1. The van der Waals surface area contributed by atoms with E-state index in [0.29, 0.717) is 12.0 Å². The summed E-state index contributed by atoms with van der Waals surface area (Å²) in [5, 5.41) is 7.04. The largest absolute Gasteiger partial charge is 0.469 e. The van der Waals surface area contributed by atoms with Crippen molar-refractivity contribution in [2.45, 2.75) is 52.5 Å². The molecule has 1 aliphatic heterocycles. The molecule has 0 aliphatic carbocycles. The van der Waals surface area contributed by atoms with Crippen LogP contribution in [0.4, 0.5) is 0 Å². The summed E-state index contributed by atoms with van der Waals surface area (Å²) < 4.78 is 10.9. The van der Waals surface area contributed by atoms with Gasteiger partial charge in [0.05, 0.1) is 12.9 Å². The topological polar surface area (TPSA) is 62.0 Å². The van der Waals surface area contributed by atoms with E-state index >= 15 is 0 Å². The van der Waals surface area contributed by atoms with Crippen LogP contribution in [-0.4, -0.2) is 62.8 Å². The van der Waals surface area contributed by atoms with E-state index in [2.05, 4.69) is 36.3 Å². The summed E-state index contributed by atoms with van der Waals surface area (Å²) in [7, 11) is 0. The smallest absolute Gasteiger partial charge is 0.191 e. The summed E-state index contributed by atoms with van der Waals surface area (Å²) in [4.78, 5) is 7.29. The number of hydrogen-bond donors (Lipinski definition) is 2. The maximum atomic E-state index is 5.47. The lowest BCUT2D eigenvalue weighted by Crippen LogP contribution is -2.43. The zero-order valence-electron chi connectivity index (χ0n) is 17.8. The van der Waals surface area contributed by atoms with E-state index in [1.54, 1.807) is 6.26 Å². The van der Waals surface area contributed by atoms with Crippen molar-refractivity contribution in [1.82, 2.24) is 15.5 Å². The fourth-order valence-electron chi connectivity index (χ4n) is 3.33. The van der Waals surface area contributed by atoms with Gasteiger partial charge < -0.3 is 24.7 Å². The van der Waals surface area contributed by atoms with Gasteiger partial charge in [0.25, 0.3) is 0 Å². The molecule has 1 aromatic rings. The van der Waals surface area contributed by atoms with Crippen molar-refractivity contribution in [2.24, 2.45) is 10.9 Å². The Kier molecular flexibility index (Phi) is 13.6. The number of hydrogen-bond acceptors (Lipinski definition) is 4. The van der Waals surface area contributed by atoms with Crippen molar-refractivity contribution < 1.29 is 9.15 Å². The lowest BCUT2D eigenvalue weighted by Gasteiger charge is -2.21. The number of guanidine groups is 1. The molecule has 0 bridgehead atoms. The minimum absolute atomic E-state index is 0. The maximum absolute atomic E-state index is 5.47. The first-order chi connectivity index (χ1) is 13.2. The molecular weight excluding hydrogens is 467 g/mol. The number of aliphatic imine (C=N–C) groups is 1. The summed E-state index contributed by atoms with van der Waals surface area (Å²) in [6, 6.07) is 4.34. The summed E-state index contributed by atoms with van der Waals surface area (Å²) in [5.74, 6) is 2.45. The molecule has 0 aromatic carbocycles. The number of nitrogens with one attached hydrogen (secondary N) is 2. The van der Waals surface area contributed by atoms with E-state index in [9.17, 15) is 0 Å². The molecule has 2 heterocycles. The van der Waals surface area contributed by atoms with Crippen LogP contribution in [0.2, 0.25) is 0 Å². The predicted molar refractivity (Wildman–Crippen MR) is 127 cm³/mol. The third-order valence-electron chi connectivity index (χ3n) is 5.16. The number of nitrogens with zero attached hydrogens (tertiary/aromatic N) is 2. The molecule has 1 fully saturated rings. The van der Waals surface area contributed by atoms with Crippen LogP contribution in [0.5, 0.6) is 0 Å².